The molecule has 2 heterocycles. The van der Waals surface area contributed by atoms with Crippen molar-refractivity contribution in [1.82, 2.24) is 105 Å². The molecular formula is C99H147N23O27. The SMILES string of the molecule is CC(C)NCCCCC(NC(=O)C1CCC(=O)NC(Cc2ccccc2)C(=O)NC(Cc2ccc(O)cc2)C(=O)NC(CCCCNC(C)C)C(=O)NC(CCCNC(=N)N)C(=O)NC(Cc2ccc3ccccc3c2)C(=O)NCC(=O)N1)C(=O)NC(CCCCNC(=O)[C@H](CCC(=O)O)NC(=O)C(CCC(=O)O)NC(=O)[C@H](CCC(=O)O)NC(=O)CN1CCN(CC(=O)O)CCN(CC(=O)O)CCN(CC(=O)O)CC1)C(N)=O. The fourth-order valence-corrected chi connectivity index (χ4v) is 16.5. The number of amides is 14. The summed E-state index contributed by atoms with van der Waals surface area (Å²) in [5.41, 5.74) is 13.0. The molecule has 50 heteroatoms. The predicted octanol–water partition coefficient (Wildman–Crippen LogP) is -3.74. The van der Waals surface area contributed by atoms with Crippen LogP contribution in [0.25, 0.3) is 10.8 Å². The molecule has 11 atom stereocenters. The Balaban J connectivity index is 1.27. The summed E-state index contributed by atoms with van der Waals surface area (Å²) in [6.07, 6.45) is -5.26. The number of nitrogens with two attached hydrogens (primary N) is 2. The number of fused-ring (bicyclic) bond motifs is 1. The Morgan fingerprint density at radius 1 is 0.383 bits per heavy atom. The summed E-state index contributed by atoms with van der Waals surface area (Å²) in [4.78, 5) is 283. The molecule has 0 radical (unpaired) electrons. The van der Waals surface area contributed by atoms with E-state index in [1.807, 2.05) is 45.9 Å². The number of phenols is 1. The molecule has 0 aromatic heterocycles. The van der Waals surface area contributed by atoms with Crippen LogP contribution in [0, 0.1) is 5.41 Å². The highest BCUT2D eigenvalue weighted by molar-refractivity contribution is 6.00. The first-order valence-electron chi connectivity index (χ1n) is 50.1. The van der Waals surface area contributed by atoms with Crippen molar-refractivity contribution in [3.8, 4) is 5.75 Å². The maximum Gasteiger partial charge on any atom is 0.317 e. The number of aliphatic carboxylic acids is 6. The molecule has 4 aromatic carbocycles. The monoisotopic (exact) mass is 2090 g/mol. The highest BCUT2D eigenvalue weighted by Crippen LogP contribution is 2.21. The topological polar surface area (TPSA) is 764 Å². The number of carboxylic acids is 6. The van der Waals surface area contributed by atoms with Crippen molar-refractivity contribution in [2.24, 2.45) is 11.5 Å². The number of benzene rings is 4. The van der Waals surface area contributed by atoms with Gasteiger partial charge in [0.15, 0.2) is 5.96 Å². The number of nitrogens with zero attached hydrogens (tertiary/aromatic N) is 4. The molecule has 0 bridgehead atoms. The Hall–Kier alpha value is -14.6. The van der Waals surface area contributed by atoms with Crippen LogP contribution in [0.2, 0.25) is 0 Å². The van der Waals surface area contributed by atoms with Gasteiger partial charge in [-0.25, -0.2) is 0 Å². The van der Waals surface area contributed by atoms with Gasteiger partial charge in [0.2, 0.25) is 82.7 Å². The van der Waals surface area contributed by atoms with Crippen LogP contribution in [0.15, 0.2) is 97.1 Å². The van der Waals surface area contributed by atoms with Crippen LogP contribution >= 0.6 is 0 Å². The van der Waals surface area contributed by atoms with Crippen molar-refractivity contribution < 1.29 is 132 Å². The maximum atomic E-state index is 15.2. The Labute approximate surface area is 862 Å². The molecular weight excluding hydrogens is 1940 g/mol. The molecule has 2 fully saturated rings. The lowest BCUT2D eigenvalue weighted by atomic mass is 10.00. The van der Waals surface area contributed by atoms with E-state index in [1.54, 1.807) is 54.6 Å². The number of rotatable bonds is 55. The number of phenolic OH excluding ortho intramolecular Hbond substituents is 1. The fraction of sp³-hybridized carbons (Fsp3) is 0.566. The Morgan fingerprint density at radius 2 is 0.779 bits per heavy atom. The molecule has 14 amide bonds. The third-order valence-electron chi connectivity index (χ3n) is 24.5. The van der Waals surface area contributed by atoms with Crippen molar-refractivity contribution in [3.63, 3.8) is 0 Å². The molecule has 0 spiro atoms. The minimum atomic E-state index is -1.87. The predicted molar refractivity (Wildman–Crippen MR) is 542 cm³/mol. The van der Waals surface area contributed by atoms with Crippen molar-refractivity contribution >= 4 is 135 Å². The summed E-state index contributed by atoms with van der Waals surface area (Å²) in [5, 5.41) is 121. The zero-order valence-electron chi connectivity index (χ0n) is 84.6. The first-order valence-corrected chi connectivity index (χ1v) is 50.1. The van der Waals surface area contributed by atoms with E-state index in [0.29, 0.717) is 49.0 Å². The van der Waals surface area contributed by atoms with Gasteiger partial charge in [-0.15, -0.1) is 0 Å². The normalized spacial score (nSPS) is 18.7. The van der Waals surface area contributed by atoms with E-state index in [2.05, 4.69) is 85.1 Å². The van der Waals surface area contributed by atoms with Gasteiger partial charge in [0.25, 0.3) is 0 Å². The molecule has 9 unspecified atom stereocenters. The molecule has 50 nitrogen and oxygen atoms in total. The van der Waals surface area contributed by atoms with Gasteiger partial charge in [-0.1, -0.05) is 113 Å². The minimum Gasteiger partial charge on any atom is -0.508 e. The first kappa shape index (κ1) is 123. The van der Waals surface area contributed by atoms with Gasteiger partial charge >= 0.3 is 35.8 Å². The van der Waals surface area contributed by atoms with Crippen LogP contribution < -0.4 is 96.5 Å². The number of carboxylic acid groups (broad SMARTS) is 6. The first-order chi connectivity index (χ1) is 70.8. The number of unbranched alkanes of at least 4 members (excludes halogenated alkanes) is 3. The quantitative estimate of drug-likeness (QED) is 0.0115. The lowest BCUT2D eigenvalue weighted by Crippen LogP contribution is -2.60. The summed E-state index contributed by atoms with van der Waals surface area (Å²) in [6, 6.07) is 9.16. The summed E-state index contributed by atoms with van der Waals surface area (Å²) >= 11 is 0. The van der Waals surface area contributed by atoms with Gasteiger partial charge in [-0.2, -0.15) is 0 Å². The van der Waals surface area contributed by atoms with Crippen LogP contribution in [-0.2, 0) is 115 Å². The Kier molecular flexibility index (Phi) is 54.4. The average Bonchev–Trinajstić information content (AvgIpc) is 1.00. The summed E-state index contributed by atoms with van der Waals surface area (Å²) in [7, 11) is 0. The highest BCUT2D eigenvalue weighted by Gasteiger charge is 2.38. The van der Waals surface area contributed by atoms with E-state index in [9.17, 15) is 108 Å². The zero-order valence-corrected chi connectivity index (χ0v) is 84.6. The maximum absolute atomic E-state index is 15.2. The molecule has 4 aromatic rings. The van der Waals surface area contributed by atoms with E-state index in [-0.39, 0.29) is 154 Å². The number of hydrogen-bond donors (Lipinski definition) is 26. The van der Waals surface area contributed by atoms with Crippen molar-refractivity contribution in [2.45, 2.75) is 247 Å². The molecule has 2 aliphatic rings. The second-order valence-electron chi connectivity index (χ2n) is 37.5. The number of primary amides is 1. The van der Waals surface area contributed by atoms with Crippen LogP contribution in [0.3, 0.4) is 0 Å². The van der Waals surface area contributed by atoms with E-state index in [4.69, 9.17) is 16.9 Å². The van der Waals surface area contributed by atoms with E-state index < -0.39 is 275 Å². The van der Waals surface area contributed by atoms with E-state index in [1.165, 1.54) is 43.9 Å². The summed E-state index contributed by atoms with van der Waals surface area (Å²) < 4.78 is 0. The van der Waals surface area contributed by atoms with Crippen molar-refractivity contribution in [2.75, 3.05) is 111 Å². The van der Waals surface area contributed by atoms with Crippen LogP contribution in [0.5, 0.6) is 5.75 Å². The molecule has 2 aliphatic heterocycles. The lowest BCUT2D eigenvalue weighted by molar-refractivity contribution is -0.140. The number of aromatic hydroxyl groups is 1. The van der Waals surface area contributed by atoms with Gasteiger partial charge in [-0.05, 0) is 149 Å². The van der Waals surface area contributed by atoms with Gasteiger partial charge in [-0.3, -0.25) is 121 Å². The average molecular weight is 2090 g/mol. The third-order valence-corrected chi connectivity index (χ3v) is 24.5. The molecule has 0 aliphatic carbocycles. The number of nitrogens with one attached hydrogen (secondary N) is 17. The number of guanidine groups is 1. The van der Waals surface area contributed by atoms with Gasteiger partial charge in [0.1, 0.15) is 72.2 Å². The smallest absolute Gasteiger partial charge is 0.317 e. The van der Waals surface area contributed by atoms with Gasteiger partial charge in [0, 0.05) is 122 Å². The molecule has 2 saturated heterocycles. The Morgan fingerprint density at radius 3 is 1.27 bits per heavy atom. The Bertz CT molecular complexity index is 5130. The lowest BCUT2D eigenvalue weighted by Gasteiger charge is -2.33. The second-order valence-corrected chi connectivity index (χ2v) is 37.5. The standard InChI is InChI=1S/C99H147N23O27/c1-60(2)103-39-13-11-22-69(91(142)111-68(88(100)139)21-10-15-41-105-89(140)72(32-36-82(127)128)115-96(147)75(34-38-84(131)132)116-95(146)74(33-37-83(129)130)109-81(126)56-119-43-45-120(57-85(133)134)47-49-122(59-87(137)138)50-48-121(46-44-119)58-86(135)136)112-94(145)73-31-35-79(124)110-77(52-62-17-6-5-7-18-62)97(148)118-78(53-63-26-29-67(123)30-27-63)98(149)114-70(23-12-14-40-104-61(3)4)92(143)113-71(24-16-42-106-99(101)102)93(144)117-76(90(141)107-55-80(125)108-73)54-64-25-28-65-19-8-9-20-66(65)51-64/h5-9,17-20,25-30,51,60-61,68-78,103-104,123H,10-16,21-24,31-50,52-59H2,1-4H3,(H2,100,139)(H,105,140)(H,107,141)(H,108,125)(H,109,126)(H,110,124)(H,111,142)(H,112,145)(H,113,143)(H,114,149)(H,115,147)(H,116,146)(H,117,144)(H,118,148)(H,127,128)(H,129,130)(H,131,132)(H,133,134)(H,135,136)(H,137,138)(H4,101,102,106)/t68?,69?,70?,71?,72-,73?,74-,75?,76?,77?,78?/m0/s1. The number of hydrogen-bond acceptors (Lipinski definition) is 28. The summed E-state index contributed by atoms with van der Waals surface area (Å²) in [5.74, 6) is -22.5. The number of carbonyl (C=O) groups excluding carboxylic acids is 14. The molecule has 149 heavy (non-hydrogen) atoms. The third kappa shape index (κ3) is 49.6. The largest absolute Gasteiger partial charge is 0.508 e. The van der Waals surface area contributed by atoms with Gasteiger partial charge in [0.05, 0.1) is 32.7 Å². The van der Waals surface area contributed by atoms with Crippen LogP contribution in [-0.4, -0.2) is 370 Å². The van der Waals surface area contributed by atoms with Gasteiger partial charge < -0.3 is 132 Å². The van der Waals surface area contributed by atoms with Crippen LogP contribution in [0.4, 0.5) is 0 Å². The second kappa shape index (κ2) is 65.9. The molecule has 6 rings (SSSR count). The summed E-state index contributed by atoms with van der Waals surface area (Å²) in [6.45, 7) is 5.53. The molecule has 820 valence electrons. The fourth-order valence-electron chi connectivity index (χ4n) is 16.5. The minimum absolute atomic E-state index is 0.00881. The van der Waals surface area contributed by atoms with Crippen molar-refractivity contribution in [1.29, 1.82) is 5.41 Å². The zero-order chi connectivity index (χ0) is 110. The van der Waals surface area contributed by atoms with Crippen molar-refractivity contribution in [3.05, 3.63) is 114 Å². The van der Waals surface area contributed by atoms with Crippen LogP contribution in [0.1, 0.15) is 166 Å². The molecule has 28 N–H and O–H groups in total. The molecule has 0 saturated carbocycles. The van der Waals surface area contributed by atoms with E-state index in [0.717, 1.165) is 10.8 Å². The number of carbonyl (C=O) groups is 20. The van der Waals surface area contributed by atoms with E-state index >= 15 is 24.0 Å². The highest BCUT2D eigenvalue weighted by atomic mass is 16.4.